The lowest BCUT2D eigenvalue weighted by Gasteiger charge is -2.33. The predicted octanol–water partition coefficient (Wildman–Crippen LogP) is 6.20. The summed E-state index contributed by atoms with van der Waals surface area (Å²) in [6.07, 6.45) is 5.47. The summed E-state index contributed by atoms with van der Waals surface area (Å²) in [5.41, 5.74) is 4.36. The van der Waals surface area contributed by atoms with E-state index in [1.165, 1.54) is 34.4 Å². The van der Waals surface area contributed by atoms with Crippen LogP contribution in [0.15, 0.2) is 60.0 Å². The minimum absolute atomic E-state index is 0.517. The number of benzene rings is 2. The van der Waals surface area contributed by atoms with Crippen molar-refractivity contribution in [2.24, 2.45) is 0 Å². The van der Waals surface area contributed by atoms with Gasteiger partial charge in [0.05, 0.1) is 7.11 Å². The molecule has 1 aliphatic rings. The summed E-state index contributed by atoms with van der Waals surface area (Å²) >= 11 is 2.01. The van der Waals surface area contributed by atoms with Crippen LogP contribution in [-0.2, 0) is 6.42 Å². The van der Waals surface area contributed by atoms with E-state index in [2.05, 4.69) is 62.0 Å². The molecular weight excluding hydrogens is 312 g/mol. The topological polar surface area (TPSA) is 9.23 Å². The molecule has 0 radical (unpaired) electrons. The number of aryl methyl sites for hydroxylation is 1. The first-order chi connectivity index (χ1) is 11.8. The minimum Gasteiger partial charge on any atom is -0.497 e. The van der Waals surface area contributed by atoms with Crippen molar-refractivity contribution in [3.05, 3.63) is 71.8 Å². The summed E-state index contributed by atoms with van der Waals surface area (Å²) < 4.78 is 5.30. The van der Waals surface area contributed by atoms with Gasteiger partial charge in [-0.25, -0.2) is 0 Å². The van der Waals surface area contributed by atoms with Gasteiger partial charge in [-0.1, -0.05) is 43.7 Å². The molecule has 3 rings (SSSR count). The number of fused-ring (bicyclic) bond motifs is 1. The Hall–Kier alpha value is -1.67. The van der Waals surface area contributed by atoms with Gasteiger partial charge < -0.3 is 4.74 Å². The zero-order chi connectivity index (χ0) is 16.9. The molecule has 2 atom stereocenters. The predicted molar refractivity (Wildman–Crippen MR) is 104 cm³/mol. The molecular formula is C22H26OS. The lowest BCUT2D eigenvalue weighted by atomic mass is 9.79. The van der Waals surface area contributed by atoms with Gasteiger partial charge in [0.25, 0.3) is 0 Å². The fourth-order valence-electron chi connectivity index (χ4n) is 3.62. The lowest BCUT2D eigenvalue weighted by molar-refractivity contribution is 0.414. The number of rotatable bonds is 6. The van der Waals surface area contributed by atoms with Crippen LogP contribution in [0, 0.1) is 0 Å². The molecule has 0 N–H and O–H groups in total. The van der Waals surface area contributed by atoms with E-state index in [1.807, 2.05) is 11.8 Å². The molecule has 0 saturated heterocycles. The van der Waals surface area contributed by atoms with Crippen LogP contribution in [0.1, 0.15) is 48.3 Å². The number of ether oxygens (including phenoxy) is 1. The SMILES string of the molecule is C=CCC1c2ccc(CCC)cc2SCC1c1ccc(OC)cc1. The van der Waals surface area contributed by atoms with Crippen LogP contribution in [0.3, 0.4) is 0 Å². The van der Waals surface area contributed by atoms with Crippen LogP contribution in [0.5, 0.6) is 5.75 Å². The summed E-state index contributed by atoms with van der Waals surface area (Å²) in [6, 6.07) is 15.7. The van der Waals surface area contributed by atoms with Crippen LogP contribution >= 0.6 is 11.8 Å². The van der Waals surface area contributed by atoms with Gasteiger partial charge in [-0.05, 0) is 53.6 Å². The highest BCUT2D eigenvalue weighted by atomic mass is 32.2. The molecule has 0 spiro atoms. The standard InChI is InChI=1S/C22H26OS/c1-4-6-16-8-13-20-19(7-5-2)21(15-24-22(20)14-16)17-9-11-18(23-3)12-10-17/h5,8-14,19,21H,2,4,6-7,15H2,1,3H3. The molecule has 2 unspecified atom stereocenters. The number of thioether (sulfide) groups is 1. The van der Waals surface area contributed by atoms with Crippen LogP contribution in [-0.4, -0.2) is 12.9 Å². The molecule has 0 aromatic heterocycles. The van der Waals surface area contributed by atoms with E-state index in [1.54, 1.807) is 7.11 Å². The quantitative estimate of drug-likeness (QED) is 0.580. The summed E-state index contributed by atoms with van der Waals surface area (Å²) in [5.74, 6) is 3.10. The third-order valence-electron chi connectivity index (χ3n) is 4.88. The third-order valence-corrected chi connectivity index (χ3v) is 6.08. The first kappa shape index (κ1) is 17.2. The normalized spacial score (nSPS) is 19.6. The Morgan fingerprint density at radius 3 is 2.67 bits per heavy atom. The van der Waals surface area contributed by atoms with Crippen LogP contribution in [0.25, 0.3) is 0 Å². The zero-order valence-electron chi connectivity index (χ0n) is 14.6. The van der Waals surface area contributed by atoms with E-state index in [0.717, 1.165) is 17.9 Å². The Kier molecular flexibility index (Phi) is 5.68. The van der Waals surface area contributed by atoms with E-state index in [9.17, 15) is 0 Å². The van der Waals surface area contributed by atoms with Gasteiger partial charge in [0, 0.05) is 16.6 Å². The third kappa shape index (κ3) is 3.54. The Morgan fingerprint density at radius 1 is 1.21 bits per heavy atom. The van der Waals surface area contributed by atoms with Gasteiger partial charge in [-0.15, -0.1) is 18.3 Å². The fourth-order valence-corrected chi connectivity index (χ4v) is 5.02. The second-order valence-electron chi connectivity index (χ2n) is 6.44. The molecule has 1 heterocycles. The number of allylic oxidation sites excluding steroid dienone is 1. The molecule has 1 nitrogen and oxygen atoms in total. The second-order valence-corrected chi connectivity index (χ2v) is 7.51. The van der Waals surface area contributed by atoms with Crippen LogP contribution in [0.4, 0.5) is 0 Å². The molecule has 2 heteroatoms. The van der Waals surface area contributed by atoms with Crippen molar-refractivity contribution in [2.45, 2.75) is 42.9 Å². The zero-order valence-corrected chi connectivity index (χ0v) is 15.4. The Morgan fingerprint density at radius 2 is 2.00 bits per heavy atom. The first-order valence-corrected chi connectivity index (χ1v) is 9.75. The van der Waals surface area contributed by atoms with E-state index in [4.69, 9.17) is 4.74 Å². The van der Waals surface area contributed by atoms with Crippen LogP contribution in [0.2, 0.25) is 0 Å². The van der Waals surface area contributed by atoms with Crippen molar-refractivity contribution in [1.82, 2.24) is 0 Å². The van der Waals surface area contributed by atoms with Gasteiger partial charge in [0.15, 0.2) is 0 Å². The fraction of sp³-hybridized carbons (Fsp3) is 0.364. The largest absolute Gasteiger partial charge is 0.497 e. The Balaban J connectivity index is 1.92. The molecule has 0 aliphatic carbocycles. The minimum atomic E-state index is 0.517. The molecule has 0 amide bonds. The highest BCUT2D eigenvalue weighted by Crippen LogP contribution is 2.48. The average Bonchev–Trinajstić information content (AvgIpc) is 2.62. The van der Waals surface area contributed by atoms with E-state index >= 15 is 0 Å². The van der Waals surface area contributed by atoms with E-state index < -0.39 is 0 Å². The maximum absolute atomic E-state index is 5.30. The molecule has 0 fully saturated rings. The highest BCUT2D eigenvalue weighted by Gasteiger charge is 2.30. The maximum atomic E-state index is 5.30. The van der Waals surface area contributed by atoms with Gasteiger partial charge in [0.1, 0.15) is 5.75 Å². The summed E-state index contributed by atoms with van der Waals surface area (Å²) in [6.45, 7) is 6.25. The number of hydrogen-bond donors (Lipinski definition) is 0. The van der Waals surface area contributed by atoms with Crippen molar-refractivity contribution in [1.29, 1.82) is 0 Å². The maximum Gasteiger partial charge on any atom is 0.118 e. The van der Waals surface area contributed by atoms with Crippen molar-refractivity contribution < 1.29 is 4.74 Å². The van der Waals surface area contributed by atoms with Crippen molar-refractivity contribution >= 4 is 11.8 Å². The second kappa shape index (κ2) is 7.94. The summed E-state index contributed by atoms with van der Waals surface area (Å²) in [4.78, 5) is 1.47. The molecule has 24 heavy (non-hydrogen) atoms. The smallest absolute Gasteiger partial charge is 0.118 e. The molecule has 0 bridgehead atoms. The van der Waals surface area contributed by atoms with Gasteiger partial charge >= 0.3 is 0 Å². The van der Waals surface area contributed by atoms with Crippen LogP contribution < -0.4 is 4.74 Å². The van der Waals surface area contributed by atoms with Gasteiger partial charge in [-0.3, -0.25) is 0 Å². The summed E-state index contributed by atoms with van der Waals surface area (Å²) in [5, 5.41) is 0. The Bertz CT molecular complexity index is 690. The monoisotopic (exact) mass is 338 g/mol. The van der Waals surface area contributed by atoms with Crippen molar-refractivity contribution in [3.63, 3.8) is 0 Å². The first-order valence-electron chi connectivity index (χ1n) is 8.77. The number of hydrogen-bond acceptors (Lipinski definition) is 2. The lowest BCUT2D eigenvalue weighted by Crippen LogP contribution is -2.18. The van der Waals surface area contributed by atoms with Crippen molar-refractivity contribution in [3.8, 4) is 5.75 Å². The molecule has 0 saturated carbocycles. The summed E-state index contributed by atoms with van der Waals surface area (Å²) in [7, 11) is 1.72. The molecule has 126 valence electrons. The Labute approximate surface area is 150 Å². The van der Waals surface area contributed by atoms with E-state index in [0.29, 0.717) is 11.8 Å². The number of methoxy groups -OCH3 is 1. The van der Waals surface area contributed by atoms with Gasteiger partial charge in [0.2, 0.25) is 0 Å². The molecule has 2 aromatic rings. The molecule has 1 aliphatic heterocycles. The van der Waals surface area contributed by atoms with Gasteiger partial charge in [-0.2, -0.15) is 0 Å². The average molecular weight is 339 g/mol. The molecule has 2 aromatic carbocycles. The van der Waals surface area contributed by atoms with E-state index in [-0.39, 0.29) is 0 Å². The highest BCUT2D eigenvalue weighted by molar-refractivity contribution is 7.99. The van der Waals surface area contributed by atoms with Crippen molar-refractivity contribution in [2.75, 3.05) is 12.9 Å².